The molecule has 0 aliphatic carbocycles. The van der Waals surface area contributed by atoms with Crippen LogP contribution in [0.2, 0.25) is 0 Å². The highest BCUT2D eigenvalue weighted by Gasteiger charge is 2.32. The Balaban J connectivity index is 1.95. The molecule has 1 aliphatic heterocycles. The topological polar surface area (TPSA) is 41.6 Å². The molecule has 1 saturated heterocycles. The van der Waals surface area contributed by atoms with E-state index < -0.39 is 0 Å². The fourth-order valence-corrected chi connectivity index (χ4v) is 2.70. The monoisotopic (exact) mass is 324 g/mol. The molecule has 0 radical (unpaired) electrons. The Kier molecular flexibility index (Phi) is 4.12. The molecule has 3 rings (SSSR count). The van der Waals surface area contributed by atoms with Gasteiger partial charge in [-0.2, -0.15) is 0 Å². The third-order valence-corrected chi connectivity index (χ3v) is 3.89. The fourth-order valence-electron chi connectivity index (χ4n) is 2.40. The van der Waals surface area contributed by atoms with E-state index in [4.69, 9.17) is 17.0 Å². The second kappa shape index (κ2) is 6.22. The lowest BCUT2D eigenvalue weighted by Gasteiger charge is -2.14. The Morgan fingerprint density at radius 1 is 1.13 bits per heavy atom. The number of aryl methyl sites for hydroxylation is 1. The van der Waals surface area contributed by atoms with Crippen LogP contribution in [0.4, 0.5) is 5.69 Å². The zero-order valence-corrected chi connectivity index (χ0v) is 13.7. The molecule has 116 valence electrons. The molecule has 1 heterocycles. The average Bonchev–Trinajstić information content (AvgIpc) is 2.83. The average molecular weight is 324 g/mol. The van der Waals surface area contributed by atoms with Crippen LogP contribution in [0.15, 0.2) is 54.2 Å². The number of ether oxygens (including phenoxy) is 1. The summed E-state index contributed by atoms with van der Waals surface area (Å²) in [6.45, 7) is 2.00. The van der Waals surface area contributed by atoms with Crippen molar-refractivity contribution in [2.24, 2.45) is 0 Å². The summed E-state index contributed by atoms with van der Waals surface area (Å²) in [6.07, 6.45) is 1.75. The van der Waals surface area contributed by atoms with Crippen molar-refractivity contribution in [3.63, 3.8) is 0 Å². The van der Waals surface area contributed by atoms with Gasteiger partial charge in [-0.25, -0.2) is 0 Å². The van der Waals surface area contributed by atoms with E-state index in [1.807, 2.05) is 55.5 Å². The number of nitrogens with one attached hydrogen (secondary N) is 1. The summed E-state index contributed by atoms with van der Waals surface area (Å²) in [7, 11) is 1.60. The number of carbonyl (C=O) groups is 1. The van der Waals surface area contributed by atoms with Crippen molar-refractivity contribution in [1.29, 1.82) is 0 Å². The summed E-state index contributed by atoms with van der Waals surface area (Å²) >= 11 is 5.31. The number of nitrogens with zero attached hydrogens (tertiary/aromatic N) is 1. The van der Waals surface area contributed by atoms with Crippen molar-refractivity contribution < 1.29 is 9.53 Å². The quantitative estimate of drug-likeness (QED) is 0.695. The van der Waals surface area contributed by atoms with E-state index in [-0.39, 0.29) is 5.91 Å². The van der Waals surface area contributed by atoms with Crippen LogP contribution in [0, 0.1) is 6.92 Å². The van der Waals surface area contributed by atoms with Gasteiger partial charge in [0.25, 0.3) is 5.91 Å². The fraction of sp³-hybridized carbons (Fsp3) is 0.111. The van der Waals surface area contributed by atoms with Gasteiger partial charge in [-0.3, -0.25) is 9.69 Å². The first-order chi connectivity index (χ1) is 11.1. The molecule has 23 heavy (non-hydrogen) atoms. The van der Waals surface area contributed by atoms with Crippen molar-refractivity contribution in [1.82, 2.24) is 5.32 Å². The Hall–Kier alpha value is -2.66. The number of hydrogen-bond donors (Lipinski definition) is 1. The standard InChI is InChI=1S/C18H16N2O2S/c1-12-7-9-14(10-8-12)20-17(21)15(19-18(20)23)11-13-5-3-4-6-16(13)22-2/h3-11H,1-2H3,(H,19,23)/b15-11-. The van der Waals surface area contributed by atoms with Gasteiger partial charge in [0.1, 0.15) is 11.4 Å². The summed E-state index contributed by atoms with van der Waals surface area (Å²) in [5, 5.41) is 3.35. The van der Waals surface area contributed by atoms with E-state index in [9.17, 15) is 4.79 Å². The van der Waals surface area contributed by atoms with Gasteiger partial charge in [0.05, 0.1) is 12.8 Å². The SMILES string of the molecule is COc1ccccc1/C=C1\NC(=S)N(c2ccc(C)cc2)C1=O. The minimum absolute atomic E-state index is 0.176. The van der Waals surface area contributed by atoms with Crippen molar-refractivity contribution in [2.45, 2.75) is 6.92 Å². The molecule has 0 atom stereocenters. The van der Waals surface area contributed by atoms with Crippen LogP contribution in [0.3, 0.4) is 0 Å². The van der Waals surface area contributed by atoms with Crippen LogP contribution < -0.4 is 15.0 Å². The van der Waals surface area contributed by atoms with Crippen LogP contribution in [0.25, 0.3) is 6.08 Å². The predicted octanol–water partition coefficient (Wildman–Crippen LogP) is 3.27. The van der Waals surface area contributed by atoms with E-state index in [1.54, 1.807) is 13.2 Å². The number of benzene rings is 2. The normalized spacial score (nSPS) is 15.9. The van der Waals surface area contributed by atoms with Gasteiger partial charge in [0.2, 0.25) is 0 Å². The second-order valence-electron chi connectivity index (χ2n) is 5.21. The van der Waals surface area contributed by atoms with E-state index in [1.165, 1.54) is 4.90 Å². The summed E-state index contributed by atoms with van der Waals surface area (Å²) < 4.78 is 5.31. The number of carbonyl (C=O) groups excluding carboxylic acids is 1. The Labute approximate surface area is 140 Å². The summed E-state index contributed by atoms with van der Waals surface area (Å²) in [6, 6.07) is 15.2. The molecule has 1 amide bonds. The van der Waals surface area contributed by atoms with E-state index in [2.05, 4.69) is 5.32 Å². The number of anilines is 1. The largest absolute Gasteiger partial charge is 0.496 e. The van der Waals surface area contributed by atoms with Crippen molar-refractivity contribution >= 4 is 35.0 Å². The van der Waals surface area contributed by atoms with Gasteiger partial charge in [-0.05, 0) is 43.4 Å². The van der Waals surface area contributed by atoms with Crippen LogP contribution in [0.1, 0.15) is 11.1 Å². The minimum atomic E-state index is -0.176. The first-order valence-corrected chi connectivity index (χ1v) is 7.58. The third kappa shape index (κ3) is 2.96. The molecule has 0 aromatic heterocycles. The van der Waals surface area contributed by atoms with Crippen LogP contribution in [0.5, 0.6) is 5.75 Å². The lowest BCUT2D eigenvalue weighted by molar-refractivity contribution is -0.113. The van der Waals surface area contributed by atoms with Gasteiger partial charge >= 0.3 is 0 Å². The number of thiocarbonyl (C=S) groups is 1. The number of hydrogen-bond acceptors (Lipinski definition) is 3. The maximum Gasteiger partial charge on any atom is 0.281 e. The number of rotatable bonds is 3. The minimum Gasteiger partial charge on any atom is -0.496 e. The zero-order valence-electron chi connectivity index (χ0n) is 12.9. The number of para-hydroxylation sites is 1. The maximum absolute atomic E-state index is 12.7. The maximum atomic E-state index is 12.7. The van der Waals surface area contributed by atoms with E-state index in [0.717, 1.165) is 16.8 Å². The van der Waals surface area contributed by atoms with Crippen molar-refractivity contribution in [2.75, 3.05) is 12.0 Å². The smallest absolute Gasteiger partial charge is 0.281 e. The van der Waals surface area contributed by atoms with Gasteiger partial charge in [-0.15, -0.1) is 0 Å². The Morgan fingerprint density at radius 2 is 1.83 bits per heavy atom. The van der Waals surface area contributed by atoms with E-state index >= 15 is 0 Å². The van der Waals surface area contributed by atoms with Crippen molar-refractivity contribution in [3.8, 4) is 5.75 Å². The highest BCUT2D eigenvalue weighted by molar-refractivity contribution is 7.80. The summed E-state index contributed by atoms with van der Waals surface area (Å²) in [5.74, 6) is 0.527. The van der Waals surface area contributed by atoms with Crippen LogP contribution in [-0.4, -0.2) is 18.1 Å². The summed E-state index contributed by atoms with van der Waals surface area (Å²) in [5.41, 5.74) is 3.13. The molecule has 0 bridgehead atoms. The molecule has 2 aromatic carbocycles. The Bertz CT molecular complexity index is 797. The van der Waals surface area contributed by atoms with Gasteiger partial charge in [0, 0.05) is 5.56 Å². The van der Waals surface area contributed by atoms with Gasteiger partial charge < -0.3 is 10.1 Å². The number of amides is 1. The summed E-state index contributed by atoms with van der Waals surface area (Å²) in [4.78, 5) is 14.2. The number of methoxy groups -OCH3 is 1. The third-order valence-electron chi connectivity index (χ3n) is 3.61. The molecule has 5 heteroatoms. The first-order valence-electron chi connectivity index (χ1n) is 7.17. The second-order valence-corrected chi connectivity index (χ2v) is 5.59. The Morgan fingerprint density at radius 3 is 2.52 bits per heavy atom. The lowest BCUT2D eigenvalue weighted by Crippen LogP contribution is -2.30. The predicted molar refractivity (Wildman–Crippen MR) is 95.4 cm³/mol. The molecule has 0 unspecified atom stereocenters. The molecular weight excluding hydrogens is 308 g/mol. The molecule has 1 aliphatic rings. The van der Waals surface area contributed by atoms with E-state index in [0.29, 0.717) is 16.6 Å². The zero-order chi connectivity index (χ0) is 16.4. The first kappa shape index (κ1) is 15.2. The molecule has 4 nitrogen and oxygen atoms in total. The van der Waals surface area contributed by atoms with Gasteiger partial charge in [0.15, 0.2) is 5.11 Å². The molecule has 2 aromatic rings. The molecule has 0 saturated carbocycles. The van der Waals surface area contributed by atoms with Crippen molar-refractivity contribution in [3.05, 3.63) is 65.4 Å². The highest BCUT2D eigenvalue weighted by atomic mass is 32.1. The molecule has 1 fully saturated rings. The molecule has 1 N–H and O–H groups in total. The highest BCUT2D eigenvalue weighted by Crippen LogP contribution is 2.25. The van der Waals surface area contributed by atoms with Crippen LogP contribution in [-0.2, 0) is 4.79 Å². The lowest BCUT2D eigenvalue weighted by atomic mass is 10.1. The van der Waals surface area contributed by atoms with Crippen LogP contribution >= 0.6 is 12.2 Å². The van der Waals surface area contributed by atoms with Gasteiger partial charge in [-0.1, -0.05) is 35.9 Å². The molecular formula is C18H16N2O2S. The molecule has 0 spiro atoms.